The van der Waals surface area contributed by atoms with E-state index in [4.69, 9.17) is 14.7 Å². The predicted octanol–water partition coefficient (Wildman–Crippen LogP) is 11.3. The molecule has 0 aliphatic carbocycles. The molecule has 0 saturated heterocycles. The SMILES string of the molecule is C.CC(F)(F)P(=O)(O)F.CCC.CCC.CCC.CCC.CCP(=O)(O)F.COP(=O)(F)OC.COP(=O)(O)F. The molecule has 0 aromatic rings. The van der Waals surface area contributed by atoms with Gasteiger partial charge < -0.3 is 9.79 Å². The molecule has 10 nitrogen and oxygen atoms in total. The first kappa shape index (κ1) is 63.5. The summed E-state index contributed by atoms with van der Waals surface area (Å²) >= 11 is 0. The predicted molar refractivity (Wildman–Crippen MR) is 154 cm³/mol. The molecular formula is C20H56F6O10P4. The van der Waals surface area contributed by atoms with Crippen LogP contribution in [0.2, 0.25) is 0 Å². The van der Waals surface area contributed by atoms with Gasteiger partial charge in [0, 0.05) is 28.3 Å². The third kappa shape index (κ3) is 118. The minimum absolute atomic E-state index is 0. The van der Waals surface area contributed by atoms with Crippen molar-refractivity contribution in [1.82, 2.24) is 0 Å². The molecule has 0 aromatic carbocycles. The number of halogens is 6. The van der Waals surface area contributed by atoms with Gasteiger partial charge >= 0.3 is 36.8 Å². The lowest BCUT2D eigenvalue weighted by molar-refractivity contribution is 0.0873. The van der Waals surface area contributed by atoms with E-state index in [1.54, 1.807) is 0 Å². The highest BCUT2D eigenvalue weighted by molar-refractivity contribution is 7.53. The first-order valence-corrected chi connectivity index (χ1v) is 17.7. The summed E-state index contributed by atoms with van der Waals surface area (Å²) in [5, 5.41) is 0. The molecule has 0 amide bonds. The fourth-order valence-electron chi connectivity index (χ4n) is 0.0745. The van der Waals surface area contributed by atoms with Crippen molar-refractivity contribution in [2.75, 3.05) is 27.5 Å². The molecule has 40 heavy (non-hydrogen) atoms. The molecule has 3 N–H and O–H groups in total. The van der Waals surface area contributed by atoms with Crippen LogP contribution in [0.25, 0.3) is 0 Å². The van der Waals surface area contributed by atoms with Crippen LogP contribution in [0.1, 0.15) is 102 Å². The standard InChI is InChI=1S/4C3H8.C2H4F3O2P.C2H6FO3P.C2H6FO2P.CH4FO3P.CH4/c4*1-3-2;1-2(3,4)8(5,6)7;1-5-7(3,4)6-2;1-2-6(3,4)5;1-5-6(2,3)4;/h4*3H2,1-2H3;1H3,(H,6,7);1-2H3;2H2,1H3,(H,4,5);1H3,(H,3,4);1H4. The van der Waals surface area contributed by atoms with Gasteiger partial charge in [0.2, 0.25) is 0 Å². The Bertz CT molecular complexity index is 602. The maximum Gasteiger partial charge on any atom is 0.512 e. The van der Waals surface area contributed by atoms with Gasteiger partial charge in [-0.15, -0.1) is 8.39 Å². The summed E-state index contributed by atoms with van der Waals surface area (Å²) in [6.07, 6.45) is 4.72. The largest absolute Gasteiger partial charge is 0.512 e. The Kier molecular flexibility index (Phi) is 62.3. The van der Waals surface area contributed by atoms with E-state index < -0.39 is 36.8 Å². The number of alkyl halides is 2. The van der Waals surface area contributed by atoms with E-state index in [2.05, 4.69) is 69.0 Å². The molecule has 0 rings (SSSR count). The van der Waals surface area contributed by atoms with Gasteiger partial charge in [-0.3, -0.25) is 23.0 Å². The van der Waals surface area contributed by atoms with Crippen LogP contribution in [-0.4, -0.2) is 47.8 Å². The van der Waals surface area contributed by atoms with Gasteiger partial charge in [-0.2, -0.15) is 17.2 Å². The van der Waals surface area contributed by atoms with E-state index in [9.17, 15) is 43.8 Å². The van der Waals surface area contributed by atoms with Crippen LogP contribution in [0.15, 0.2) is 0 Å². The molecule has 0 bridgehead atoms. The van der Waals surface area contributed by atoms with E-state index in [0.717, 1.165) is 21.3 Å². The second-order valence-electron chi connectivity index (χ2n) is 6.53. The fraction of sp³-hybridized carbons (Fsp3) is 1.00. The summed E-state index contributed by atoms with van der Waals surface area (Å²) in [5.41, 5.74) is -4.12. The lowest BCUT2D eigenvalue weighted by Gasteiger charge is -2.07. The minimum Gasteiger partial charge on any atom is -0.321 e. The molecule has 0 spiro atoms. The van der Waals surface area contributed by atoms with E-state index in [1.807, 2.05) is 0 Å². The number of hydrogen-bond acceptors (Lipinski definition) is 7. The molecule has 3 atom stereocenters. The fourth-order valence-corrected chi connectivity index (χ4v) is 0.224. The normalized spacial score (nSPS) is 13.8. The van der Waals surface area contributed by atoms with E-state index in [0.29, 0.717) is 0 Å². The number of hydrogen-bond donors (Lipinski definition) is 3. The van der Waals surface area contributed by atoms with Gasteiger partial charge in [0.05, 0.1) is 6.16 Å². The lowest BCUT2D eigenvalue weighted by Crippen LogP contribution is -2.06. The lowest BCUT2D eigenvalue weighted by atomic mass is 10.6. The van der Waals surface area contributed by atoms with Crippen molar-refractivity contribution >= 4 is 31.2 Å². The molecule has 258 valence electrons. The van der Waals surface area contributed by atoms with Gasteiger partial charge in [0.15, 0.2) is 0 Å². The van der Waals surface area contributed by atoms with Gasteiger partial charge in [-0.25, -0.2) is 13.7 Å². The Morgan fingerprint density at radius 1 is 0.600 bits per heavy atom. The van der Waals surface area contributed by atoms with E-state index in [-0.39, 0.29) is 20.5 Å². The van der Waals surface area contributed by atoms with Crippen molar-refractivity contribution in [3.05, 3.63) is 0 Å². The van der Waals surface area contributed by atoms with Crippen molar-refractivity contribution in [1.29, 1.82) is 0 Å². The van der Waals surface area contributed by atoms with E-state index in [1.165, 1.54) is 32.6 Å². The zero-order chi connectivity index (χ0) is 34.2. The van der Waals surface area contributed by atoms with Crippen molar-refractivity contribution in [3.8, 4) is 0 Å². The Morgan fingerprint density at radius 3 is 0.725 bits per heavy atom. The Labute approximate surface area is 239 Å². The smallest absolute Gasteiger partial charge is 0.321 e. The topological polar surface area (TPSA) is 157 Å². The average molecular weight is 695 g/mol. The molecule has 0 saturated carbocycles. The van der Waals surface area contributed by atoms with Crippen molar-refractivity contribution in [3.63, 3.8) is 0 Å². The monoisotopic (exact) mass is 694 g/mol. The van der Waals surface area contributed by atoms with Gasteiger partial charge in [-0.1, -0.05) is 95.4 Å². The summed E-state index contributed by atoms with van der Waals surface area (Å²) < 4.78 is 117. The molecule has 0 fully saturated rings. The Hall–Kier alpha value is 0.260. The van der Waals surface area contributed by atoms with Crippen LogP contribution >= 0.6 is 31.2 Å². The maximum absolute atomic E-state index is 11.7. The Balaban J connectivity index is -0.0000000403. The van der Waals surface area contributed by atoms with Crippen LogP contribution in [0, 0.1) is 0 Å². The van der Waals surface area contributed by atoms with Crippen LogP contribution in [0.4, 0.5) is 25.6 Å². The molecule has 0 aliphatic rings. The first-order valence-electron chi connectivity index (χ1n) is 11.6. The highest BCUT2D eigenvalue weighted by Crippen LogP contribution is 2.57. The van der Waals surface area contributed by atoms with Crippen LogP contribution in [-0.2, 0) is 31.8 Å². The molecule has 3 unspecified atom stereocenters. The number of rotatable bonds is 5. The molecular weight excluding hydrogens is 638 g/mol. The minimum atomic E-state index is -5.68. The Morgan fingerprint density at radius 2 is 0.725 bits per heavy atom. The molecule has 0 heterocycles. The molecule has 0 aliphatic heterocycles. The van der Waals surface area contributed by atoms with Crippen molar-refractivity contribution in [2.45, 2.75) is 108 Å². The quantitative estimate of drug-likeness (QED) is 0.187. The zero-order valence-electron chi connectivity index (χ0n) is 25.3. The molecule has 0 radical (unpaired) electrons. The highest BCUT2D eigenvalue weighted by Gasteiger charge is 2.45. The average Bonchev–Trinajstić information content (AvgIpc) is 2.75. The van der Waals surface area contributed by atoms with Crippen molar-refractivity contribution in [2.24, 2.45) is 0 Å². The van der Waals surface area contributed by atoms with Gasteiger partial charge in [0.25, 0.3) is 0 Å². The van der Waals surface area contributed by atoms with E-state index >= 15 is 0 Å². The molecule has 0 aromatic heterocycles. The first-order chi connectivity index (χ1) is 17.1. The highest BCUT2D eigenvalue weighted by atomic mass is 31.2. The summed E-state index contributed by atoms with van der Waals surface area (Å²) in [7, 11) is -15.9. The summed E-state index contributed by atoms with van der Waals surface area (Å²) in [6, 6.07) is 0. The summed E-state index contributed by atoms with van der Waals surface area (Å²) in [5.74, 6) is 0. The molecule has 20 heteroatoms. The van der Waals surface area contributed by atoms with Crippen LogP contribution in [0.3, 0.4) is 0 Å². The second-order valence-corrected chi connectivity index (χ2v) is 13.0. The third-order valence-corrected chi connectivity index (χ3v) is 4.61. The zero-order valence-corrected chi connectivity index (χ0v) is 28.9. The van der Waals surface area contributed by atoms with Crippen molar-refractivity contribution < 1.29 is 72.1 Å². The third-order valence-electron chi connectivity index (χ3n) is 1.54. The van der Waals surface area contributed by atoms with Gasteiger partial charge in [0.1, 0.15) is 0 Å². The van der Waals surface area contributed by atoms with Crippen LogP contribution < -0.4 is 0 Å². The van der Waals surface area contributed by atoms with Gasteiger partial charge in [-0.05, 0) is 0 Å². The second kappa shape index (κ2) is 39.3. The van der Waals surface area contributed by atoms with Crippen LogP contribution in [0.5, 0.6) is 0 Å². The summed E-state index contributed by atoms with van der Waals surface area (Å²) in [6.45, 7) is 18.4. The maximum atomic E-state index is 11.7. The summed E-state index contributed by atoms with van der Waals surface area (Å²) in [4.78, 5) is 22.7.